The first-order chi connectivity index (χ1) is 11.7. The molecule has 2 unspecified atom stereocenters. The molecule has 0 amide bonds. The summed E-state index contributed by atoms with van der Waals surface area (Å²) in [5.41, 5.74) is 5.82. The molecule has 140 valence electrons. The average Bonchev–Trinajstić information content (AvgIpc) is 3.08. The molecule has 0 fully saturated rings. The van der Waals surface area contributed by atoms with Crippen LogP contribution < -0.4 is 5.73 Å². The van der Waals surface area contributed by atoms with Gasteiger partial charge in [-0.25, -0.2) is 0 Å². The van der Waals surface area contributed by atoms with Gasteiger partial charge >= 0.3 is 0 Å². The lowest BCUT2D eigenvalue weighted by Crippen LogP contribution is -2.22. The number of rotatable bonds is 16. The van der Waals surface area contributed by atoms with E-state index in [2.05, 4.69) is 18.4 Å². The molecule has 1 heterocycles. The van der Waals surface area contributed by atoms with Gasteiger partial charge in [0.2, 0.25) is 0 Å². The Morgan fingerprint density at radius 1 is 1.00 bits per heavy atom. The highest BCUT2D eigenvalue weighted by atomic mass is 32.2. The van der Waals surface area contributed by atoms with E-state index < -0.39 is 0 Å². The van der Waals surface area contributed by atoms with E-state index >= 15 is 0 Å². The van der Waals surface area contributed by atoms with Crippen molar-refractivity contribution in [2.24, 2.45) is 11.7 Å². The Hall–Kier alpha value is -0.440. The Kier molecular flexibility index (Phi) is 13.4. The van der Waals surface area contributed by atoms with Gasteiger partial charge in [0, 0.05) is 11.2 Å². The third-order valence-electron chi connectivity index (χ3n) is 5.19. The molecule has 24 heavy (non-hydrogen) atoms. The lowest BCUT2D eigenvalue weighted by molar-refractivity contribution is 0.480. The van der Waals surface area contributed by atoms with E-state index in [-0.39, 0.29) is 0 Å². The summed E-state index contributed by atoms with van der Waals surface area (Å²) >= 11 is 2.00. The van der Waals surface area contributed by atoms with Gasteiger partial charge in [-0.05, 0) is 31.1 Å². The van der Waals surface area contributed by atoms with E-state index in [0.717, 1.165) is 18.1 Å². The predicted molar refractivity (Wildman–Crippen MR) is 111 cm³/mol. The maximum atomic E-state index is 7.83. The molecule has 0 radical (unpaired) electrons. The van der Waals surface area contributed by atoms with E-state index in [1.54, 1.807) is 0 Å². The van der Waals surface area contributed by atoms with E-state index in [0.29, 0.717) is 11.8 Å². The van der Waals surface area contributed by atoms with Crippen molar-refractivity contribution in [1.82, 2.24) is 0 Å². The van der Waals surface area contributed by atoms with Crippen molar-refractivity contribution < 1.29 is 0 Å². The highest BCUT2D eigenvalue weighted by molar-refractivity contribution is 8.03. The summed E-state index contributed by atoms with van der Waals surface area (Å²) in [5.74, 6) is 0.765. The molecule has 0 aromatic rings. The van der Waals surface area contributed by atoms with Crippen molar-refractivity contribution in [3.05, 3.63) is 11.5 Å². The number of amidine groups is 1. The van der Waals surface area contributed by atoms with Crippen molar-refractivity contribution in [3.8, 4) is 0 Å². The van der Waals surface area contributed by atoms with Gasteiger partial charge in [-0.3, -0.25) is 5.41 Å². The summed E-state index contributed by atoms with van der Waals surface area (Å²) in [4.78, 5) is 0. The van der Waals surface area contributed by atoms with Crippen LogP contribution >= 0.6 is 11.8 Å². The molecule has 3 heteroatoms. The van der Waals surface area contributed by atoms with Crippen molar-refractivity contribution >= 4 is 17.6 Å². The Bertz CT molecular complexity index is 333. The largest absolute Gasteiger partial charge is 0.387 e. The Morgan fingerprint density at radius 3 is 2.12 bits per heavy atom. The lowest BCUT2D eigenvalue weighted by atomic mass is 9.93. The molecule has 2 atom stereocenters. The Labute approximate surface area is 154 Å². The molecule has 2 nitrogen and oxygen atoms in total. The van der Waals surface area contributed by atoms with E-state index in [4.69, 9.17) is 11.1 Å². The molecular weight excluding hydrogens is 312 g/mol. The second-order valence-electron chi connectivity index (χ2n) is 7.42. The first-order valence-corrected chi connectivity index (χ1v) is 11.3. The normalized spacial score (nSPS) is 18.1. The minimum absolute atomic E-state index is 0.340. The lowest BCUT2D eigenvalue weighted by Gasteiger charge is -2.15. The van der Waals surface area contributed by atoms with Crippen molar-refractivity contribution in [2.75, 3.05) is 0 Å². The van der Waals surface area contributed by atoms with E-state index in [9.17, 15) is 0 Å². The standard InChI is InChI=1S/C21H40N2S/c1-2-3-4-5-6-7-8-10-14-19(21(22)23)15-11-9-12-16-20-17-13-18-24-20/h13,18-20H,2-12,14-17H2,1H3,(H3,22,23). The monoisotopic (exact) mass is 352 g/mol. The molecule has 0 bridgehead atoms. The van der Waals surface area contributed by atoms with Crippen LogP contribution in [-0.4, -0.2) is 11.1 Å². The first kappa shape index (κ1) is 21.6. The molecule has 0 aromatic carbocycles. The number of allylic oxidation sites excluding steroid dienone is 1. The highest BCUT2D eigenvalue weighted by Crippen LogP contribution is 2.28. The quantitative estimate of drug-likeness (QED) is 0.178. The maximum absolute atomic E-state index is 7.83. The van der Waals surface area contributed by atoms with Crippen LogP contribution in [0, 0.1) is 11.3 Å². The van der Waals surface area contributed by atoms with Crippen molar-refractivity contribution in [2.45, 2.75) is 108 Å². The van der Waals surface area contributed by atoms with Crippen LogP contribution in [0.1, 0.15) is 103 Å². The average molecular weight is 353 g/mol. The van der Waals surface area contributed by atoms with Crippen LogP contribution in [0.2, 0.25) is 0 Å². The van der Waals surface area contributed by atoms with Gasteiger partial charge in [0.15, 0.2) is 0 Å². The van der Waals surface area contributed by atoms with Crippen LogP contribution in [0.15, 0.2) is 11.5 Å². The van der Waals surface area contributed by atoms with Crippen LogP contribution in [0.5, 0.6) is 0 Å². The van der Waals surface area contributed by atoms with Gasteiger partial charge in [0.05, 0.1) is 5.84 Å². The number of nitrogens with one attached hydrogen (secondary N) is 1. The van der Waals surface area contributed by atoms with Gasteiger partial charge in [-0.1, -0.05) is 83.6 Å². The summed E-state index contributed by atoms with van der Waals surface area (Å²) in [7, 11) is 0. The van der Waals surface area contributed by atoms with Gasteiger partial charge in [-0.2, -0.15) is 0 Å². The second-order valence-corrected chi connectivity index (χ2v) is 8.63. The predicted octanol–water partition coefficient (Wildman–Crippen LogP) is 7.04. The summed E-state index contributed by atoms with van der Waals surface area (Å²) < 4.78 is 0. The number of thioether (sulfide) groups is 1. The third kappa shape index (κ3) is 11.2. The SMILES string of the molecule is CCCCCCCCCCC(CCCCCC1CC=CS1)C(=N)N. The number of hydrogen-bond donors (Lipinski definition) is 2. The summed E-state index contributed by atoms with van der Waals surface area (Å²) in [6.45, 7) is 2.27. The zero-order valence-electron chi connectivity index (χ0n) is 15.9. The van der Waals surface area contributed by atoms with Crippen LogP contribution in [0.25, 0.3) is 0 Å². The molecule has 0 spiro atoms. The first-order valence-electron chi connectivity index (χ1n) is 10.4. The highest BCUT2D eigenvalue weighted by Gasteiger charge is 2.13. The fourth-order valence-corrected chi connectivity index (χ4v) is 4.50. The molecule has 0 saturated heterocycles. The summed E-state index contributed by atoms with van der Waals surface area (Å²) in [6.07, 6.45) is 21.9. The van der Waals surface area contributed by atoms with E-state index in [1.807, 2.05) is 11.8 Å². The smallest absolute Gasteiger partial charge is 0.0936 e. The zero-order valence-corrected chi connectivity index (χ0v) is 16.7. The molecule has 1 rings (SSSR count). The van der Waals surface area contributed by atoms with Gasteiger partial charge < -0.3 is 5.73 Å². The Morgan fingerprint density at radius 2 is 1.58 bits per heavy atom. The molecule has 3 N–H and O–H groups in total. The molecular formula is C21H40N2S. The van der Waals surface area contributed by atoms with Crippen molar-refractivity contribution in [3.63, 3.8) is 0 Å². The molecule has 1 aliphatic rings. The molecule has 1 aliphatic heterocycles. The van der Waals surface area contributed by atoms with Gasteiger partial charge in [0.1, 0.15) is 0 Å². The number of unbranched alkanes of at least 4 members (excludes halogenated alkanes) is 9. The second kappa shape index (κ2) is 14.9. The van der Waals surface area contributed by atoms with Crippen LogP contribution in [0.3, 0.4) is 0 Å². The van der Waals surface area contributed by atoms with Gasteiger partial charge in [0.25, 0.3) is 0 Å². The topological polar surface area (TPSA) is 49.9 Å². The van der Waals surface area contributed by atoms with Crippen molar-refractivity contribution in [1.29, 1.82) is 5.41 Å². The zero-order chi connectivity index (χ0) is 17.5. The maximum Gasteiger partial charge on any atom is 0.0936 e. The number of nitrogens with two attached hydrogens (primary N) is 1. The molecule has 0 aromatic heterocycles. The van der Waals surface area contributed by atoms with Crippen LogP contribution in [-0.2, 0) is 0 Å². The minimum Gasteiger partial charge on any atom is -0.387 e. The molecule has 0 aliphatic carbocycles. The van der Waals surface area contributed by atoms with Crippen LogP contribution in [0.4, 0.5) is 0 Å². The van der Waals surface area contributed by atoms with E-state index in [1.165, 1.54) is 83.5 Å². The Balaban J connectivity index is 1.95. The minimum atomic E-state index is 0.340. The fraction of sp³-hybridized carbons (Fsp3) is 0.857. The summed E-state index contributed by atoms with van der Waals surface area (Å²) in [5, 5.41) is 10.9. The van der Waals surface area contributed by atoms with Gasteiger partial charge in [-0.15, -0.1) is 11.8 Å². The number of hydrogen-bond acceptors (Lipinski definition) is 2. The fourth-order valence-electron chi connectivity index (χ4n) is 3.53. The molecule has 0 saturated carbocycles. The third-order valence-corrected chi connectivity index (χ3v) is 6.35. The summed E-state index contributed by atoms with van der Waals surface area (Å²) in [6, 6.07) is 0.